The second kappa shape index (κ2) is 9.09. The van der Waals surface area contributed by atoms with E-state index in [1.807, 2.05) is 31.2 Å². The number of hydrogen-bond donors (Lipinski definition) is 0. The van der Waals surface area contributed by atoms with Crippen LogP contribution in [0.3, 0.4) is 0 Å². The fourth-order valence-corrected chi connectivity index (χ4v) is 5.44. The third kappa shape index (κ3) is 5.14. The van der Waals surface area contributed by atoms with Crippen molar-refractivity contribution in [2.24, 2.45) is 0 Å². The third-order valence-corrected chi connectivity index (χ3v) is 7.36. The number of nitrogens with zero attached hydrogens (tertiary/aromatic N) is 2. The smallest absolute Gasteiger partial charge is 0.291 e. The van der Waals surface area contributed by atoms with Crippen molar-refractivity contribution >= 4 is 27.0 Å². The van der Waals surface area contributed by atoms with Crippen LogP contribution in [0.25, 0.3) is 0 Å². The van der Waals surface area contributed by atoms with E-state index in [9.17, 15) is 17.2 Å². The molecule has 0 aliphatic carbocycles. The van der Waals surface area contributed by atoms with Crippen molar-refractivity contribution in [1.29, 1.82) is 0 Å². The fraction of sp³-hybridized carbons (Fsp3) is 0.286. The topological polar surface area (TPSA) is 59.5 Å². The Hall–Kier alpha value is -2.52. The quantitative estimate of drug-likeness (QED) is 0.481. The van der Waals surface area contributed by atoms with Gasteiger partial charge in [0.05, 0.1) is 12.2 Å². The highest BCUT2D eigenvalue weighted by Crippen LogP contribution is 2.35. The molecule has 0 fully saturated rings. The molecule has 9 heteroatoms. The number of rotatable bonds is 8. The predicted molar refractivity (Wildman–Crippen MR) is 114 cm³/mol. The van der Waals surface area contributed by atoms with E-state index in [1.54, 1.807) is 12.3 Å². The number of alkyl halides is 1. The van der Waals surface area contributed by atoms with E-state index in [0.717, 1.165) is 38.9 Å². The Labute approximate surface area is 179 Å². The summed E-state index contributed by atoms with van der Waals surface area (Å²) in [7, 11) is -4.15. The largest absolute Gasteiger partial charge is 0.487 e. The zero-order valence-corrected chi connectivity index (χ0v) is 18.4. The first kappa shape index (κ1) is 22.2. The van der Waals surface area contributed by atoms with Gasteiger partial charge in [0.15, 0.2) is 0 Å². The lowest BCUT2D eigenvalue weighted by molar-refractivity contribution is 0.304. The summed E-state index contributed by atoms with van der Waals surface area (Å²) in [5.74, 6) is -0.582. The van der Waals surface area contributed by atoms with Crippen molar-refractivity contribution in [2.45, 2.75) is 37.9 Å². The van der Waals surface area contributed by atoms with Crippen LogP contribution in [-0.2, 0) is 16.6 Å². The summed E-state index contributed by atoms with van der Waals surface area (Å²) in [6.07, 6.45) is -1.46. The van der Waals surface area contributed by atoms with E-state index in [2.05, 4.69) is 4.98 Å². The lowest BCUT2D eigenvalue weighted by Crippen LogP contribution is -2.35. The summed E-state index contributed by atoms with van der Waals surface area (Å²) >= 11 is 0.949. The van der Waals surface area contributed by atoms with Crippen LogP contribution in [0.1, 0.15) is 23.7 Å². The van der Waals surface area contributed by atoms with Gasteiger partial charge in [0.25, 0.3) is 10.0 Å². The lowest BCUT2D eigenvalue weighted by Gasteiger charge is -2.26. The van der Waals surface area contributed by atoms with Crippen molar-refractivity contribution in [3.05, 3.63) is 70.5 Å². The summed E-state index contributed by atoms with van der Waals surface area (Å²) in [5.41, 5.74) is 2.51. The average molecular weight is 453 g/mol. The van der Waals surface area contributed by atoms with E-state index in [-0.39, 0.29) is 22.4 Å². The Balaban J connectivity index is 2.00. The van der Waals surface area contributed by atoms with Gasteiger partial charge >= 0.3 is 0 Å². The minimum atomic E-state index is -4.15. The van der Waals surface area contributed by atoms with Crippen LogP contribution in [-0.4, -0.2) is 26.1 Å². The van der Waals surface area contributed by atoms with Gasteiger partial charge in [0.1, 0.15) is 24.3 Å². The summed E-state index contributed by atoms with van der Waals surface area (Å²) in [6, 6.07) is 11.1. The molecule has 0 saturated heterocycles. The molecule has 30 heavy (non-hydrogen) atoms. The van der Waals surface area contributed by atoms with Crippen molar-refractivity contribution in [3.63, 3.8) is 0 Å². The number of aromatic nitrogens is 1. The Morgan fingerprint density at radius 1 is 1.17 bits per heavy atom. The molecule has 0 aliphatic heterocycles. The minimum absolute atomic E-state index is 0.00748. The number of ether oxygens (including phenoxy) is 1. The number of hydrogen-bond acceptors (Lipinski definition) is 5. The molecule has 1 heterocycles. The van der Waals surface area contributed by atoms with E-state index < -0.39 is 28.6 Å². The van der Waals surface area contributed by atoms with Crippen LogP contribution in [0, 0.1) is 19.7 Å². The number of anilines is 1. The Kier molecular flexibility index (Phi) is 6.72. The van der Waals surface area contributed by atoms with Gasteiger partial charge in [0, 0.05) is 17.1 Å². The van der Waals surface area contributed by atoms with E-state index in [1.165, 1.54) is 13.0 Å². The molecule has 1 aromatic heterocycles. The van der Waals surface area contributed by atoms with Crippen molar-refractivity contribution in [3.8, 4) is 5.75 Å². The minimum Gasteiger partial charge on any atom is -0.487 e. The molecule has 1 atom stereocenters. The zero-order valence-electron chi connectivity index (χ0n) is 16.8. The van der Waals surface area contributed by atoms with E-state index in [0.29, 0.717) is 5.69 Å². The molecule has 3 rings (SSSR count). The number of halogens is 2. The molecule has 0 N–H and O–H groups in total. The summed E-state index contributed by atoms with van der Waals surface area (Å²) in [4.78, 5) is 4.04. The molecular weight excluding hydrogens is 430 g/mol. The molecular formula is C21H22F2N2O3S2. The molecule has 0 saturated carbocycles. The van der Waals surface area contributed by atoms with Gasteiger partial charge in [-0.1, -0.05) is 29.8 Å². The van der Waals surface area contributed by atoms with Crippen molar-refractivity contribution < 1.29 is 21.9 Å². The number of sulfonamides is 1. The summed E-state index contributed by atoms with van der Waals surface area (Å²) in [5, 5.41) is 1.60. The first-order chi connectivity index (χ1) is 14.2. The number of aryl methyl sites for hydroxylation is 2. The van der Waals surface area contributed by atoms with Crippen LogP contribution in [0.2, 0.25) is 0 Å². The zero-order chi connectivity index (χ0) is 21.9. The van der Waals surface area contributed by atoms with Gasteiger partial charge in [-0.3, -0.25) is 4.31 Å². The number of benzene rings is 2. The Bertz CT molecular complexity index is 1110. The highest BCUT2D eigenvalue weighted by Gasteiger charge is 2.31. The molecule has 0 amide bonds. The molecule has 0 bridgehead atoms. The second-order valence-electron chi connectivity index (χ2n) is 6.96. The first-order valence-corrected chi connectivity index (χ1v) is 11.6. The fourth-order valence-electron chi connectivity index (χ4n) is 2.75. The van der Waals surface area contributed by atoms with Gasteiger partial charge in [-0.05, 0) is 38.5 Å². The molecule has 0 aliphatic rings. The van der Waals surface area contributed by atoms with Crippen LogP contribution in [0.15, 0.2) is 52.2 Å². The van der Waals surface area contributed by atoms with Crippen LogP contribution in [0.4, 0.5) is 14.5 Å². The second-order valence-corrected chi connectivity index (χ2v) is 9.85. The lowest BCUT2D eigenvalue weighted by atomic mass is 10.2. The van der Waals surface area contributed by atoms with E-state index >= 15 is 0 Å². The van der Waals surface area contributed by atoms with Gasteiger partial charge < -0.3 is 4.74 Å². The van der Waals surface area contributed by atoms with Crippen LogP contribution >= 0.6 is 11.3 Å². The van der Waals surface area contributed by atoms with Crippen molar-refractivity contribution in [1.82, 2.24) is 4.98 Å². The SMILES string of the molecule is Cc1ccc(COc2cc(F)ccc2N(CC(C)F)S(=O)(=O)c2nc(C)cs2)cc1. The normalized spacial score (nSPS) is 12.6. The predicted octanol–water partition coefficient (Wildman–Crippen LogP) is 5.03. The monoisotopic (exact) mass is 452 g/mol. The molecule has 3 aromatic rings. The van der Waals surface area contributed by atoms with Gasteiger partial charge in [0.2, 0.25) is 4.34 Å². The summed E-state index contributed by atoms with van der Waals surface area (Å²) in [6.45, 7) is 4.54. The maximum absolute atomic E-state index is 14.0. The molecule has 160 valence electrons. The Morgan fingerprint density at radius 2 is 1.87 bits per heavy atom. The molecule has 1 unspecified atom stereocenters. The van der Waals surface area contributed by atoms with Crippen LogP contribution < -0.4 is 9.04 Å². The molecule has 2 aromatic carbocycles. The Morgan fingerprint density at radius 3 is 2.47 bits per heavy atom. The van der Waals surface area contributed by atoms with Gasteiger partial charge in [-0.2, -0.15) is 8.42 Å². The standard InChI is InChI=1S/C21H22F2N2O3S2/c1-14-4-6-17(7-5-14)12-28-20-10-18(23)8-9-19(20)25(11-15(2)22)30(26,27)21-24-16(3)13-29-21/h4-10,13,15H,11-12H2,1-3H3. The van der Waals surface area contributed by atoms with Gasteiger partial charge in [-0.15, -0.1) is 11.3 Å². The van der Waals surface area contributed by atoms with Gasteiger partial charge in [-0.25, -0.2) is 13.8 Å². The maximum atomic E-state index is 14.0. The average Bonchev–Trinajstić information content (AvgIpc) is 3.13. The highest BCUT2D eigenvalue weighted by molar-refractivity contribution is 7.94. The summed E-state index contributed by atoms with van der Waals surface area (Å²) < 4.78 is 60.8. The van der Waals surface area contributed by atoms with Crippen molar-refractivity contribution in [2.75, 3.05) is 10.8 Å². The molecule has 5 nitrogen and oxygen atoms in total. The van der Waals surface area contributed by atoms with Crippen LogP contribution in [0.5, 0.6) is 5.75 Å². The van der Waals surface area contributed by atoms with E-state index in [4.69, 9.17) is 4.74 Å². The third-order valence-electron chi connectivity index (χ3n) is 4.23. The molecule has 0 spiro atoms. The highest BCUT2D eigenvalue weighted by atomic mass is 32.2. The molecule has 0 radical (unpaired) electrons. The maximum Gasteiger partial charge on any atom is 0.291 e. The number of thiazole rings is 1. The first-order valence-electron chi connectivity index (χ1n) is 9.23.